The largest absolute Gasteiger partial charge is 0.416 e. The average Bonchev–Trinajstić information content (AvgIpc) is 2.90. The lowest BCUT2D eigenvalue weighted by molar-refractivity contribution is -0.212. The summed E-state index contributed by atoms with van der Waals surface area (Å²) < 4.78 is 39.8. The number of thiol groups is 1. The van der Waals surface area contributed by atoms with E-state index in [0.29, 0.717) is 11.3 Å². The van der Waals surface area contributed by atoms with Crippen molar-refractivity contribution in [2.45, 2.75) is 76.0 Å². The second-order valence-electron chi connectivity index (χ2n) is 9.87. The number of thioether (sulfide) groups is 1. The number of nitrogens with one attached hydrogen (secondary N) is 4. The van der Waals surface area contributed by atoms with E-state index in [1.165, 1.54) is 11.8 Å². The van der Waals surface area contributed by atoms with Crippen molar-refractivity contribution in [2.75, 3.05) is 12.0 Å². The van der Waals surface area contributed by atoms with Crippen LogP contribution in [0.2, 0.25) is 0 Å². The third-order valence-corrected chi connectivity index (χ3v) is 6.91. The highest BCUT2D eigenvalue weighted by atomic mass is 32.2. The molecule has 5 atom stereocenters. The van der Waals surface area contributed by atoms with E-state index in [4.69, 9.17) is 5.73 Å². The van der Waals surface area contributed by atoms with Crippen LogP contribution in [0.15, 0.2) is 30.3 Å². The molecule has 16 heteroatoms. The van der Waals surface area contributed by atoms with Gasteiger partial charge < -0.3 is 32.1 Å². The topological polar surface area (TPSA) is 180 Å². The molecule has 0 fully saturated rings. The molecule has 0 aliphatic heterocycles. The van der Waals surface area contributed by atoms with Gasteiger partial charge in [0.15, 0.2) is 6.10 Å². The highest BCUT2D eigenvalue weighted by Crippen LogP contribution is 2.24. The molecule has 0 saturated carbocycles. The zero-order chi connectivity index (χ0) is 32.0. The van der Waals surface area contributed by atoms with Crippen LogP contribution in [0.3, 0.4) is 0 Å². The van der Waals surface area contributed by atoms with E-state index in [1.54, 1.807) is 50.4 Å². The maximum Gasteiger partial charge on any atom is 0.416 e. The Balaban J connectivity index is 3.25. The SMILES string of the molecule is CSCC[C@H](NC(=O)[C@H](Cc1ccccc1)NC(=O)[C@@H](NC(=O)S)C(C)C)C(=O)NC(CCC(N)=O)C(O)C(F)(F)F. The third-order valence-electron chi connectivity index (χ3n) is 6.13. The molecule has 0 aliphatic carbocycles. The Morgan fingerprint density at radius 3 is 2.00 bits per heavy atom. The number of alkyl halides is 3. The molecular formula is C26H38F3N5O6S2. The van der Waals surface area contributed by atoms with Crippen molar-refractivity contribution in [1.82, 2.24) is 21.3 Å². The minimum Gasteiger partial charge on any atom is -0.382 e. The zero-order valence-corrected chi connectivity index (χ0v) is 25.2. The number of benzene rings is 1. The molecule has 2 unspecified atom stereocenters. The summed E-state index contributed by atoms with van der Waals surface area (Å²) in [5.74, 6) is -3.50. The van der Waals surface area contributed by atoms with Crippen molar-refractivity contribution in [1.29, 1.82) is 0 Å². The van der Waals surface area contributed by atoms with Crippen LogP contribution >= 0.6 is 24.4 Å². The second kappa shape index (κ2) is 17.9. The van der Waals surface area contributed by atoms with Gasteiger partial charge in [-0.2, -0.15) is 24.9 Å². The fourth-order valence-electron chi connectivity index (χ4n) is 3.88. The van der Waals surface area contributed by atoms with Crippen LogP contribution < -0.4 is 27.0 Å². The quantitative estimate of drug-likeness (QED) is 0.126. The number of carbonyl (C=O) groups excluding carboxylic acids is 5. The first kappa shape index (κ1) is 37.0. The molecule has 11 nitrogen and oxygen atoms in total. The molecule has 0 spiro atoms. The third kappa shape index (κ3) is 13.3. The summed E-state index contributed by atoms with van der Waals surface area (Å²) in [6.45, 7) is 3.35. The molecule has 7 N–H and O–H groups in total. The smallest absolute Gasteiger partial charge is 0.382 e. The number of hydrogen-bond acceptors (Lipinski definition) is 7. The Hall–Kier alpha value is -2.98. The van der Waals surface area contributed by atoms with Gasteiger partial charge in [0.2, 0.25) is 23.6 Å². The molecule has 0 saturated heterocycles. The average molecular weight is 638 g/mol. The standard InChI is InChI=1S/C26H38F3N5O6S2/c1-14(2)20(34-25(40)41)24(39)33-18(13-15-7-5-4-6-8-15)23(38)32-17(11-12-42-3)22(37)31-16(9-10-19(30)35)21(36)26(27,28)29/h4-8,14,16-18,20-21,36H,9-13H2,1-3H3,(H2,30,35)(H,31,37)(H,32,38)(H,33,39)(H2,34,40,41)/t16?,17-,18-,20-,21?/m0/s1. The molecule has 0 radical (unpaired) electrons. The maximum atomic E-state index is 13.5. The molecular weight excluding hydrogens is 599 g/mol. The Labute approximate surface area is 252 Å². The van der Waals surface area contributed by atoms with E-state index in [1.807, 2.05) is 0 Å². The van der Waals surface area contributed by atoms with Crippen LogP contribution in [0, 0.1) is 5.92 Å². The van der Waals surface area contributed by atoms with E-state index in [-0.39, 0.29) is 18.8 Å². The van der Waals surface area contributed by atoms with Crippen molar-refractivity contribution in [3.05, 3.63) is 35.9 Å². The number of halogens is 3. The molecule has 0 bridgehead atoms. The summed E-state index contributed by atoms with van der Waals surface area (Å²) in [7, 11) is 0. The molecule has 236 valence electrons. The van der Waals surface area contributed by atoms with Gasteiger partial charge in [-0.1, -0.05) is 56.8 Å². The second-order valence-corrected chi connectivity index (χ2v) is 11.3. The predicted octanol–water partition coefficient (Wildman–Crippen LogP) is 1.29. The molecule has 0 aliphatic rings. The minimum absolute atomic E-state index is 0.000273. The Kier molecular flexibility index (Phi) is 15.7. The number of carbonyl (C=O) groups is 5. The highest BCUT2D eigenvalue weighted by Gasteiger charge is 2.44. The first-order chi connectivity index (χ1) is 19.6. The van der Waals surface area contributed by atoms with E-state index >= 15 is 0 Å². The summed E-state index contributed by atoms with van der Waals surface area (Å²) in [6, 6.07) is 3.07. The normalized spacial score (nSPS) is 15.1. The number of rotatable bonds is 17. The van der Waals surface area contributed by atoms with Crippen molar-refractivity contribution in [3.8, 4) is 0 Å². The minimum atomic E-state index is -5.10. The van der Waals surface area contributed by atoms with Gasteiger partial charge >= 0.3 is 6.18 Å². The molecule has 0 aromatic heterocycles. The number of nitrogens with two attached hydrogens (primary N) is 1. The van der Waals surface area contributed by atoms with E-state index in [2.05, 4.69) is 33.9 Å². The number of aliphatic hydroxyl groups is 1. The summed E-state index contributed by atoms with van der Waals surface area (Å²) in [6.07, 6.45) is -7.51. The van der Waals surface area contributed by atoms with Crippen LogP contribution in [0.4, 0.5) is 18.0 Å². The van der Waals surface area contributed by atoms with Gasteiger partial charge in [0.05, 0.1) is 6.04 Å². The molecule has 1 rings (SSSR count). The van der Waals surface area contributed by atoms with Crippen molar-refractivity contribution < 1.29 is 42.3 Å². The molecule has 1 aromatic carbocycles. The number of hydrogen-bond donors (Lipinski definition) is 7. The van der Waals surface area contributed by atoms with E-state index in [9.17, 15) is 42.3 Å². The number of aliphatic hydroxyl groups excluding tert-OH is 1. The van der Waals surface area contributed by atoms with Gasteiger partial charge in [-0.05, 0) is 36.3 Å². The van der Waals surface area contributed by atoms with Crippen LogP contribution in [-0.2, 0) is 25.6 Å². The van der Waals surface area contributed by atoms with Crippen LogP contribution in [-0.4, -0.2) is 82.4 Å². The Bertz CT molecular complexity index is 1060. The first-order valence-electron chi connectivity index (χ1n) is 13.0. The monoisotopic (exact) mass is 637 g/mol. The van der Waals surface area contributed by atoms with Crippen LogP contribution in [0.1, 0.15) is 38.7 Å². The summed E-state index contributed by atoms with van der Waals surface area (Å²) in [5, 5.41) is 18.6. The lowest BCUT2D eigenvalue weighted by Gasteiger charge is -2.29. The molecule has 1 aromatic rings. The molecule has 0 heterocycles. The van der Waals surface area contributed by atoms with E-state index < -0.39 is 78.2 Å². The van der Waals surface area contributed by atoms with Gasteiger partial charge in [0.1, 0.15) is 18.1 Å². The van der Waals surface area contributed by atoms with Crippen molar-refractivity contribution in [3.63, 3.8) is 0 Å². The fourth-order valence-corrected chi connectivity index (χ4v) is 4.49. The highest BCUT2D eigenvalue weighted by molar-refractivity contribution is 7.98. The van der Waals surface area contributed by atoms with Gasteiger partial charge in [-0.3, -0.25) is 24.0 Å². The molecule has 5 amide bonds. The summed E-state index contributed by atoms with van der Waals surface area (Å²) in [5.41, 5.74) is 5.69. The summed E-state index contributed by atoms with van der Waals surface area (Å²) >= 11 is 4.97. The summed E-state index contributed by atoms with van der Waals surface area (Å²) in [4.78, 5) is 62.3. The van der Waals surface area contributed by atoms with Crippen LogP contribution in [0.25, 0.3) is 0 Å². The molecule has 42 heavy (non-hydrogen) atoms. The zero-order valence-electron chi connectivity index (χ0n) is 23.4. The first-order valence-corrected chi connectivity index (χ1v) is 14.9. The van der Waals surface area contributed by atoms with Gasteiger partial charge in [-0.25, -0.2) is 0 Å². The maximum absolute atomic E-state index is 13.5. The van der Waals surface area contributed by atoms with Gasteiger partial charge in [-0.15, -0.1) is 0 Å². The lowest BCUT2D eigenvalue weighted by atomic mass is 10.0. The Morgan fingerprint density at radius 2 is 1.50 bits per heavy atom. The number of amides is 5. The van der Waals surface area contributed by atoms with Gasteiger partial charge in [0.25, 0.3) is 5.24 Å². The number of primary amides is 1. The predicted molar refractivity (Wildman–Crippen MR) is 156 cm³/mol. The van der Waals surface area contributed by atoms with E-state index in [0.717, 1.165) is 0 Å². The lowest BCUT2D eigenvalue weighted by Crippen LogP contribution is -2.59. The van der Waals surface area contributed by atoms with Crippen molar-refractivity contribution >= 4 is 53.3 Å². The fraction of sp³-hybridized carbons (Fsp3) is 0.577. The van der Waals surface area contributed by atoms with Crippen molar-refractivity contribution in [2.24, 2.45) is 11.7 Å². The van der Waals surface area contributed by atoms with Crippen LogP contribution in [0.5, 0.6) is 0 Å². The Morgan fingerprint density at radius 1 is 0.929 bits per heavy atom. The van der Waals surface area contributed by atoms with Gasteiger partial charge in [0, 0.05) is 12.8 Å².